The molecule has 2 aliphatic rings. The largest absolute Gasteiger partial charge is 0.352 e. The van der Waals surface area contributed by atoms with Gasteiger partial charge in [-0.05, 0) is 25.7 Å². The van der Waals surface area contributed by atoms with Crippen molar-refractivity contribution in [2.75, 3.05) is 6.54 Å². The molecule has 0 radical (unpaired) electrons. The highest BCUT2D eigenvalue weighted by Gasteiger charge is 2.42. The van der Waals surface area contributed by atoms with E-state index in [9.17, 15) is 4.79 Å². The van der Waals surface area contributed by atoms with E-state index in [0.29, 0.717) is 0 Å². The lowest BCUT2D eigenvalue weighted by Gasteiger charge is -2.13. The van der Waals surface area contributed by atoms with Crippen molar-refractivity contribution >= 4 is 18.4 Å². The summed E-state index contributed by atoms with van der Waals surface area (Å²) in [7, 11) is 0. The minimum Gasteiger partial charge on any atom is -0.352 e. The molecule has 0 aliphatic heterocycles. The zero-order valence-corrected chi connectivity index (χ0v) is 7.82. The first-order valence-electron chi connectivity index (χ1n) is 4.44. The van der Waals surface area contributed by atoms with Crippen LogP contribution in [0.1, 0.15) is 25.7 Å². The van der Waals surface area contributed by atoms with E-state index >= 15 is 0 Å². The molecule has 0 spiro atoms. The number of hydrogen-bond donors (Lipinski definition) is 2. The van der Waals surface area contributed by atoms with Gasteiger partial charge in [0.25, 0.3) is 0 Å². The van der Waals surface area contributed by atoms with Gasteiger partial charge in [0.1, 0.15) is 0 Å². The fourth-order valence-electron chi connectivity index (χ4n) is 1.13. The Morgan fingerprint density at radius 2 is 2.25 bits per heavy atom. The summed E-state index contributed by atoms with van der Waals surface area (Å²) in [4.78, 5) is 10.2. The molecular formula is C8H14N2OS. The van der Waals surface area contributed by atoms with E-state index in [1.54, 1.807) is 0 Å². The highest BCUT2D eigenvalue weighted by atomic mass is 32.2. The van der Waals surface area contributed by atoms with Crippen LogP contribution in [0, 0.1) is 0 Å². The van der Waals surface area contributed by atoms with Crippen molar-refractivity contribution in [2.24, 2.45) is 0 Å². The summed E-state index contributed by atoms with van der Waals surface area (Å²) in [5, 5.41) is 3.72. The molecule has 2 aliphatic carbocycles. The third kappa shape index (κ3) is 2.14. The molecular weight excluding hydrogens is 172 g/mol. The van der Waals surface area contributed by atoms with Gasteiger partial charge in [0.05, 0.1) is 5.54 Å². The summed E-state index contributed by atoms with van der Waals surface area (Å²) in [6, 6.07) is 0. The molecule has 4 heteroatoms. The molecule has 2 fully saturated rings. The summed E-state index contributed by atoms with van der Waals surface area (Å²) >= 11 is 1.83. The average Bonchev–Trinajstić information content (AvgIpc) is 2.87. The lowest BCUT2D eigenvalue weighted by atomic mass is 10.3. The minimum absolute atomic E-state index is 0.115. The fourth-order valence-corrected chi connectivity index (χ4v) is 2.10. The van der Waals surface area contributed by atoms with E-state index < -0.39 is 0 Å². The Kier molecular flexibility index (Phi) is 2.28. The van der Waals surface area contributed by atoms with E-state index in [0.717, 1.165) is 31.0 Å². The van der Waals surface area contributed by atoms with Gasteiger partial charge in [-0.15, -0.1) is 0 Å². The summed E-state index contributed by atoms with van der Waals surface area (Å²) < 4.78 is 3.33. The zero-order valence-electron chi connectivity index (χ0n) is 7.01. The van der Waals surface area contributed by atoms with Crippen LogP contribution in [0.25, 0.3) is 0 Å². The second-order valence-electron chi connectivity index (χ2n) is 3.68. The van der Waals surface area contributed by atoms with E-state index in [2.05, 4.69) is 10.0 Å². The normalized spacial score (nSPS) is 25.0. The van der Waals surface area contributed by atoms with Crippen LogP contribution in [-0.4, -0.2) is 23.7 Å². The van der Waals surface area contributed by atoms with Gasteiger partial charge in [0, 0.05) is 11.8 Å². The van der Waals surface area contributed by atoms with Crippen molar-refractivity contribution in [3.05, 3.63) is 0 Å². The van der Waals surface area contributed by atoms with Crippen LogP contribution >= 0.6 is 11.9 Å². The summed E-state index contributed by atoms with van der Waals surface area (Å²) in [5.74, 6) is 0. The number of hydrogen-bond acceptors (Lipinski definition) is 3. The van der Waals surface area contributed by atoms with Gasteiger partial charge >= 0.3 is 0 Å². The fraction of sp³-hybridized carbons (Fsp3) is 0.875. The first-order valence-corrected chi connectivity index (χ1v) is 5.32. The molecule has 12 heavy (non-hydrogen) atoms. The molecule has 0 aromatic carbocycles. The first kappa shape index (κ1) is 8.38. The van der Waals surface area contributed by atoms with E-state index in [1.807, 2.05) is 11.9 Å². The Labute approximate surface area is 76.8 Å². The van der Waals surface area contributed by atoms with Crippen molar-refractivity contribution in [1.29, 1.82) is 0 Å². The van der Waals surface area contributed by atoms with Gasteiger partial charge < -0.3 is 5.32 Å². The highest BCUT2D eigenvalue weighted by Crippen LogP contribution is 2.36. The van der Waals surface area contributed by atoms with E-state index in [4.69, 9.17) is 0 Å². The number of carbonyl (C=O) groups excluding carboxylic acids is 1. The third-order valence-electron chi connectivity index (χ3n) is 2.40. The molecule has 2 saturated carbocycles. The maximum atomic E-state index is 10.2. The van der Waals surface area contributed by atoms with Crippen LogP contribution in [0.5, 0.6) is 0 Å². The summed E-state index contributed by atoms with van der Waals surface area (Å²) in [6.45, 7) is 0.924. The number of rotatable bonds is 6. The van der Waals surface area contributed by atoms with Crippen molar-refractivity contribution in [1.82, 2.24) is 10.0 Å². The van der Waals surface area contributed by atoms with Crippen LogP contribution in [-0.2, 0) is 4.79 Å². The van der Waals surface area contributed by atoms with Crippen molar-refractivity contribution in [3.63, 3.8) is 0 Å². The molecule has 0 aromatic rings. The van der Waals surface area contributed by atoms with Crippen LogP contribution in [0.3, 0.4) is 0 Å². The topological polar surface area (TPSA) is 41.1 Å². The molecule has 2 N–H and O–H groups in total. The predicted octanol–water partition coefficient (Wildman–Crippen LogP) is 0.665. The molecule has 0 aromatic heterocycles. The maximum absolute atomic E-state index is 10.2. The Hall–Kier alpha value is -0.220. The molecule has 68 valence electrons. The molecule has 1 amide bonds. The SMILES string of the molecule is O=CNC1(CNSC2CC2)CC1. The van der Waals surface area contributed by atoms with E-state index in [1.165, 1.54) is 12.8 Å². The molecule has 0 atom stereocenters. The lowest BCUT2D eigenvalue weighted by Crippen LogP contribution is -2.38. The molecule has 2 rings (SSSR count). The van der Waals surface area contributed by atoms with Crippen LogP contribution < -0.4 is 10.0 Å². The second kappa shape index (κ2) is 3.26. The maximum Gasteiger partial charge on any atom is 0.207 e. The molecule has 0 saturated heterocycles. The smallest absolute Gasteiger partial charge is 0.207 e. The van der Waals surface area contributed by atoms with Gasteiger partial charge in [0.2, 0.25) is 6.41 Å². The Morgan fingerprint density at radius 1 is 1.50 bits per heavy atom. The lowest BCUT2D eigenvalue weighted by molar-refractivity contribution is -0.110. The molecule has 0 heterocycles. The predicted molar refractivity (Wildman–Crippen MR) is 49.8 cm³/mol. The number of amides is 1. The Balaban J connectivity index is 1.60. The first-order chi connectivity index (χ1) is 5.85. The monoisotopic (exact) mass is 186 g/mol. The van der Waals surface area contributed by atoms with Gasteiger partial charge in [-0.3, -0.25) is 9.52 Å². The standard InChI is InChI=1S/C8H14N2OS/c11-6-9-8(3-4-8)5-10-12-7-1-2-7/h6-7,10H,1-5H2,(H,9,11). The van der Waals surface area contributed by atoms with Gasteiger partial charge in [0.15, 0.2) is 0 Å². The summed E-state index contributed by atoms with van der Waals surface area (Å²) in [6.07, 6.45) is 5.78. The highest BCUT2D eigenvalue weighted by molar-refractivity contribution is 7.98. The average molecular weight is 186 g/mol. The minimum atomic E-state index is 0.115. The molecule has 0 unspecified atom stereocenters. The molecule has 0 bridgehead atoms. The van der Waals surface area contributed by atoms with Crippen molar-refractivity contribution < 1.29 is 4.79 Å². The third-order valence-corrected chi connectivity index (χ3v) is 3.52. The number of carbonyl (C=O) groups is 1. The van der Waals surface area contributed by atoms with E-state index in [-0.39, 0.29) is 5.54 Å². The second-order valence-corrected chi connectivity index (χ2v) is 4.87. The van der Waals surface area contributed by atoms with Gasteiger partial charge in [-0.2, -0.15) is 0 Å². The summed E-state index contributed by atoms with van der Waals surface area (Å²) in [5.41, 5.74) is 0.115. The Morgan fingerprint density at radius 3 is 2.75 bits per heavy atom. The van der Waals surface area contributed by atoms with Gasteiger partial charge in [-0.1, -0.05) is 11.9 Å². The van der Waals surface area contributed by atoms with Crippen molar-refractivity contribution in [3.8, 4) is 0 Å². The zero-order chi connectivity index (χ0) is 8.44. The Bertz CT molecular complexity index is 178. The van der Waals surface area contributed by atoms with Crippen LogP contribution in [0.15, 0.2) is 0 Å². The van der Waals surface area contributed by atoms with Crippen molar-refractivity contribution in [2.45, 2.75) is 36.5 Å². The van der Waals surface area contributed by atoms with Crippen LogP contribution in [0.4, 0.5) is 0 Å². The number of nitrogens with one attached hydrogen (secondary N) is 2. The molecule has 3 nitrogen and oxygen atoms in total. The van der Waals surface area contributed by atoms with Gasteiger partial charge in [-0.25, -0.2) is 0 Å². The van der Waals surface area contributed by atoms with Crippen LogP contribution in [0.2, 0.25) is 0 Å². The quantitative estimate of drug-likeness (QED) is 0.473.